The van der Waals surface area contributed by atoms with Crippen LogP contribution in [0.25, 0.3) is 0 Å². The van der Waals surface area contributed by atoms with Crippen LogP contribution in [0.4, 0.5) is 0 Å². The molecule has 116 valence electrons. The van der Waals surface area contributed by atoms with Gasteiger partial charge in [0.15, 0.2) is 12.4 Å². The first-order chi connectivity index (χ1) is 11.2. The minimum Gasteiger partial charge on any atom is -0.619 e. The zero-order valence-corrected chi connectivity index (χ0v) is 12.7. The van der Waals surface area contributed by atoms with Crippen molar-refractivity contribution in [3.63, 3.8) is 0 Å². The van der Waals surface area contributed by atoms with E-state index in [1.165, 1.54) is 12.4 Å². The Hall–Kier alpha value is -2.72. The quantitative estimate of drug-likeness (QED) is 0.581. The molecule has 1 unspecified atom stereocenters. The van der Waals surface area contributed by atoms with E-state index in [2.05, 4.69) is 4.98 Å². The third-order valence-electron chi connectivity index (χ3n) is 3.92. The molecule has 1 atom stereocenters. The van der Waals surface area contributed by atoms with Crippen LogP contribution < -0.4 is 4.73 Å². The summed E-state index contributed by atoms with van der Waals surface area (Å²) in [5, 5.41) is 22.5. The lowest BCUT2D eigenvalue weighted by molar-refractivity contribution is -0.605. The molecule has 0 bridgehead atoms. The van der Waals surface area contributed by atoms with Gasteiger partial charge >= 0.3 is 0 Å². The molecule has 0 aliphatic rings. The Balaban J connectivity index is 1.94. The van der Waals surface area contributed by atoms with Crippen LogP contribution in [-0.2, 0) is 18.4 Å². The first-order valence-electron chi connectivity index (χ1n) is 7.50. The third kappa shape index (κ3) is 3.73. The van der Waals surface area contributed by atoms with E-state index in [0.29, 0.717) is 12.8 Å². The minimum atomic E-state index is -1.04. The molecular weight excluding hydrogens is 288 g/mol. The van der Waals surface area contributed by atoms with Gasteiger partial charge in [0.2, 0.25) is 0 Å². The highest BCUT2D eigenvalue weighted by Gasteiger charge is 2.30. The van der Waals surface area contributed by atoms with Crippen molar-refractivity contribution in [2.24, 2.45) is 0 Å². The Morgan fingerprint density at radius 1 is 0.870 bits per heavy atom. The van der Waals surface area contributed by atoms with Gasteiger partial charge < -0.3 is 10.3 Å². The summed E-state index contributed by atoms with van der Waals surface area (Å²) >= 11 is 0. The molecule has 2 aromatic heterocycles. The molecule has 3 rings (SSSR count). The largest absolute Gasteiger partial charge is 0.619 e. The van der Waals surface area contributed by atoms with Crippen molar-refractivity contribution in [1.82, 2.24) is 4.98 Å². The first-order valence-corrected chi connectivity index (χ1v) is 7.50. The van der Waals surface area contributed by atoms with Crippen molar-refractivity contribution in [3.8, 4) is 0 Å². The van der Waals surface area contributed by atoms with Crippen molar-refractivity contribution in [2.75, 3.05) is 0 Å². The Kier molecular flexibility index (Phi) is 4.35. The average Bonchev–Trinajstić information content (AvgIpc) is 2.59. The molecule has 0 aliphatic heterocycles. The number of aliphatic hydroxyl groups is 1. The zero-order chi connectivity index (χ0) is 16.1. The topological polar surface area (TPSA) is 60.1 Å². The predicted octanol–water partition coefficient (Wildman–Crippen LogP) is 2.39. The SMILES string of the molecule is [O-][n+]1ccc(CC(O)(Cc2ccncc2)c2ccccc2)cc1. The molecular formula is C19H18N2O2. The van der Waals surface area contributed by atoms with Crippen LogP contribution in [0.15, 0.2) is 79.4 Å². The van der Waals surface area contributed by atoms with Gasteiger partial charge in [0.05, 0.1) is 5.60 Å². The van der Waals surface area contributed by atoms with Gasteiger partial charge in [0, 0.05) is 37.4 Å². The van der Waals surface area contributed by atoms with Gasteiger partial charge in [-0.3, -0.25) is 4.98 Å². The van der Waals surface area contributed by atoms with E-state index in [-0.39, 0.29) is 0 Å². The van der Waals surface area contributed by atoms with Crippen LogP contribution in [0.2, 0.25) is 0 Å². The molecule has 4 nitrogen and oxygen atoms in total. The minimum absolute atomic E-state index is 0.431. The molecule has 0 amide bonds. The molecule has 4 heteroatoms. The summed E-state index contributed by atoms with van der Waals surface area (Å²) in [4.78, 5) is 4.02. The summed E-state index contributed by atoms with van der Waals surface area (Å²) in [6.07, 6.45) is 7.26. The van der Waals surface area contributed by atoms with E-state index in [1.807, 2.05) is 42.5 Å². The smallest absolute Gasteiger partial charge is 0.180 e. The lowest BCUT2D eigenvalue weighted by Crippen LogP contribution is -2.32. The van der Waals surface area contributed by atoms with E-state index < -0.39 is 5.60 Å². The highest BCUT2D eigenvalue weighted by molar-refractivity contribution is 5.29. The van der Waals surface area contributed by atoms with Crippen molar-refractivity contribution in [2.45, 2.75) is 18.4 Å². The zero-order valence-electron chi connectivity index (χ0n) is 12.7. The van der Waals surface area contributed by atoms with Crippen LogP contribution >= 0.6 is 0 Å². The molecule has 23 heavy (non-hydrogen) atoms. The van der Waals surface area contributed by atoms with E-state index in [4.69, 9.17) is 0 Å². The summed E-state index contributed by atoms with van der Waals surface area (Å²) in [7, 11) is 0. The van der Waals surface area contributed by atoms with Gasteiger partial charge in [0.25, 0.3) is 0 Å². The Labute approximate surface area is 135 Å². The molecule has 0 fully saturated rings. The molecule has 0 saturated carbocycles. The summed E-state index contributed by atoms with van der Waals surface area (Å²) in [5.41, 5.74) is 1.74. The maximum absolute atomic E-state index is 11.4. The second kappa shape index (κ2) is 6.58. The predicted molar refractivity (Wildman–Crippen MR) is 87.4 cm³/mol. The molecule has 0 aliphatic carbocycles. The highest BCUT2D eigenvalue weighted by atomic mass is 16.5. The average molecular weight is 306 g/mol. The number of hydrogen-bond acceptors (Lipinski definition) is 3. The number of pyridine rings is 2. The third-order valence-corrected chi connectivity index (χ3v) is 3.92. The number of hydrogen-bond donors (Lipinski definition) is 1. The first kappa shape index (κ1) is 15.2. The maximum atomic E-state index is 11.4. The Morgan fingerprint density at radius 2 is 1.43 bits per heavy atom. The van der Waals surface area contributed by atoms with Crippen molar-refractivity contribution in [1.29, 1.82) is 0 Å². The number of aromatic nitrogens is 2. The fourth-order valence-electron chi connectivity index (χ4n) is 2.75. The van der Waals surface area contributed by atoms with Gasteiger partial charge in [-0.2, -0.15) is 4.73 Å². The Bertz CT molecular complexity index is 745. The van der Waals surface area contributed by atoms with Crippen molar-refractivity contribution < 1.29 is 9.84 Å². The van der Waals surface area contributed by atoms with Crippen LogP contribution in [0.5, 0.6) is 0 Å². The van der Waals surface area contributed by atoms with Crippen LogP contribution in [-0.4, -0.2) is 10.1 Å². The van der Waals surface area contributed by atoms with E-state index in [1.54, 1.807) is 24.5 Å². The second-order valence-electron chi connectivity index (χ2n) is 5.67. The van der Waals surface area contributed by atoms with Gasteiger partial charge in [0.1, 0.15) is 0 Å². The van der Waals surface area contributed by atoms with Gasteiger partial charge in [-0.1, -0.05) is 30.3 Å². The fraction of sp³-hybridized carbons (Fsp3) is 0.158. The maximum Gasteiger partial charge on any atom is 0.180 e. The lowest BCUT2D eigenvalue weighted by Gasteiger charge is -2.29. The van der Waals surface area contributed by atoms with Crippen LogP contribution in [0, 0.1) is 5.21 Å². The number of benzene rings is 1. The van der Waals surface area contributed by atoms with Crippen LogP contribution in [0.3, 0.4) is 0 Å². The molecule has 1 N–H and O–H groups in total. The van der Waals surface area contributed by atoms with Crippen LogP contribution in [0.1, 0.15) is 16.7 Å². The summed E-state index contributed by atoms with van der Waals surface area (Å²) in [5.74, 6) is 0. The van der Waals surface area contributed by atoms with E-state index in [9.17, 15) is 10.3 Å². The molecule has 3 aromatic rings. The molecule has 0 spiro atoms. The molecule has 1 aromatic carbocycles. The normalized spacial score (nSPS) is 13.4. The molecule has 0 radical (unpaired) electrons. The monoisotopic (exact) mass is 306 g/mol. The van der Waals surface area contributed by atoms with Gasteiger partial charge in [-0.15, -0.1) is 0 Å². The highest BCUT2D eigenvalue weighted by Crippen LogP contribution is 2.29. The number of rotatable bonds is 5. The van der Waals surface area contributed by atoms with Gasteiger partial charge in [-0.25, -0.2) is 0 Å². The summed E-state index contributed by atoms with van der Waals surface area (Å²) in [6, 6.07) is 16.9. The number of nitrogens with zero attached hydrogens (tertiary/aromatic N) is 2. The van der Waals surface area contributed by atoms with Gasteiger partial charge in [-0.05, 0) is 28.8 Å². The Morgan fingerprint density at radius 3 is 2.04 bits per heavy atom. The molecule has 0 saturated heterocycles. The lowest BCUT2D eigenvalue weighted by atomic mass is 9.82. The van der Waals surface area contributed by atoms with E-state index in [0.717, 1.165) is 21.4 Å². The second-order valence-corrected chi connectivity index (χ2v) is 5.67. The summed E-state index contributed by atoms with van der Waals surface area (Å²) < 4.78 is 0.744. The van der Waals surface area contributed by atoms with Crippen molar-refractivity contribution in [3.05, 3.63) is 101 Å². The fourth-order valence-corrected chi connectivity index (χ4v) is 2.75. The summed E-state index contributed by atoms with van der Waals surface area (Å²) in [6.45, 7) is 0. The standard InChI is InChI=1S/C19H18N2O2/c22-19(18-4-2-1-3-5-18,14-16-6-10-20-11-7-16)15-17-8-12-21(23)13-9-17/h1-13,22H,14-15H2. The van der Waals surface area contributed by atoms with E-state index >= 15 is 0 Å². The molecule has 2 heterocycles. The van der Waals surface area contributed by atoms with Crippen molar-refractivity contribution >= 4 is 0 Å².